The summed E-state index contributed by atoms with van der Waals surface area (Å²) in [6, 6.07) is 12.1. The van der Waals surface area contributed by atoms with Crippen molar-refractivity contribution in [3.05, 3.63) is 52.5 Å². The third kappa shape index (κ3) is 4.82. The number of nitrogens with one attached hydrogen (secondary N) is 2. The molecule has 0 heterocycles. The van der Waals surface area contributed by atoms with Gasteiger partial charge in [0, 0.05) is 15.8 Å². The minimum Gasteiger partial charge on any atom is -0.494 e. The Morgan fingerprint density at radius 2 is 1.57 bits per heavy atom. The predicted molar refractivity (Wildman–Crippen MR) is 93.7 cm³/mol. The fourth-order valence-electron chi connectivity index (χ4n) is 1.90. The summed E-state index contributed by atoms with van der Waals surface area (Å²) in [5, 5.41) is 5.11. The highest BCUT2D eigenvalue weighted by atomic mass is 79.9. The van der Waals surface area contributed by atoms with Crippen LogP contribution in [0.25, 0.3) is 0 Å². The SMILES string of the molecule is CCOc1ccc(NC(=O)C(=O)Nc2ccc(Br)c(C)c2)cc1. The van der Waals surface area contributed by atoms with Gasteiger partial charge in [-0.1, -0.05) is 15.9 Å². The minimum atomic E-state index is -0.727. The zero-order chi connectivity index (χ0) is 16.8. The second kappa shape index (κ2) is 7.78. The molecule has 5 nitrogen and oxygen atoms in total. The van der Waals surface area contributed by atoms with Crippen molar-refractivity contribution in [2.75, 3.05) is 17.2 Å². The third-order valence-electron chi connectivity index (χ3n) is 3.05. The summed E-state index contributed by atoms with van der Waals surface area (Å²) in [6.07, 6.45) is 0. The highest BCUT2D eigenvalue weighted by Crippen LogP contribution is 2.20. The zero-order valence-corrected chi connectivity index (χ0v) is 14.4. The van der Waals surface area contributed by atoms with Crippen LogP contribution >= 0.6 is 15.9 Å². The van der Waals surface area contributed by atoms with E-state index in [0.717, 1.165) is 10.0 Å². The van der Waals surface area contributed by atoms with Gasteiger partial charge < -0.3 is 15.4 Å². The first-order valence-corrected chi connectivity index (χ1v) is 7.90. The average molecular weight is 377 g/mol. The Kier molecular flexibility index (Phi) is 5.76. The molecule has 0 aromatic heterocycles. The normalized spacial score (nSPS) is 10.0. The number of carbonyl (C=O) groups is 2. The molecule has 0 bridgehead atoms. The largest absolute Gasteiger partial charge is 0.494 e. The monoisotopic (exact) mass is 376 g/mol. The molecule has 6 heteroatoms. The smallest absolute Gasteiger partial charge is 0.314 e. The summed E-state index contributed by atoms with van der Waals surface area (Å²) in [7, 11) is 0. The highest BCUT2D eigenvalue weighted by Gasteiger charge is 2.14. The molecule has 0 aliphatic heterocycles. The molecule has 0 radical (unpaired) electrons. The Labute approximate surface area is 143 Å². The van der Waals surface area contributed by atoms with E-state index in [4.69, 9.17) is 4.74 Å². The van der Waals surface area contributed by atoms with Crippen LogP contribution in [0, 0.1) is 6.92 Å². The maximum Gasteiger partial charge on any atom is 0.314 e. The molecule has 0 aliphatic rings. The van der Waals surface area contributed by atoms with Crippen LogP contribution in [0.1, 0.15) is 12.5 Å². The van der Waals surface area contributed by atoms with Gasteiger partial charge in [-0.3, -0.25) is 9.59 Å². The van der Waals surface area contributed by atoms with E-state index in [-0.39, 0.29) is 0 Å². The van der Waals surface area contributed by atoms with Crippen molar-refractivity contribution in [3.8, 4) is 5.75 Å². The molecule has 0 unspecified atom stereocenters. The van der Waals surface area contributed by atoms with Gasteiger partial charge in [0.1, 0.15) is 5.75 Å². The first kappa shape index (κ1) is 17.0. The van der Waals surface area contributed by atoms with E-state index in [9.17, 15) is 9.59 Å². The Morgan fingerprint density at radius 3 is 2.13 bits per heavy atom. The quantitative estimate of drug-likeness (QED) is 0.798. The van der Waals surface area contributed by atoms with Crippen LogP contribution in [0.2, 0.25) is 0 Å². The fraction of sp³-hybridized carbons (Fsp3) is 0.176. The molecule has 23 heavy (non-hydrogen) atoms. The number of anilines is 2. The molecule has 0 saturated heterocycles. The number of halogens is 1. The second-order valence-corrected chi connectivity index (χ2v) is 5.68. The van der Waals surface area contributed by atoms with Crippen LogP contribution in [-0.2, 0) is 9.59 Å². The predicted octanol–water partition coefficient (Wildman–Crippen LogP) is 3.73. The van der Waals surface area contributed by atoms with Crippen LogP contribution in [0.15, 0.2) is 46.9 Å². The van der Waals surface area contributed by atoms with Crippen molar-refractivity contribution in [3.63, 3.8) is 0 Å². The van der Waals surface area contributed by atoms with E-state index in [0.29, 0.717) is 23.7 Å². The summed E-state index contributed by atoms with van der Waals surface area (Å²) in [4.78, 5) is 23.8. The Balaban J connectivity index is 1.96. The fourth-order valence-corrected chi connectivity index (χ4v) is 2.15. The van der Waals surface area contributed by atoms with Crippen molar-refractivity contribution in [2.24, 2.45) is 0 Å². The van der Waals surface area contributed by atoms with Crippen molar-refractivity contribution in [2.45, 2.75) is 13.8 Å². The molecule has 2 aromatic rings. The van der Waals surface area contributed by atoms with E-state index in [2.05, 4.69) is 26.6 Å². The topological polar surface area (TPSA) is 67.4 Å². The average Bonchev–Trinajstić information content (AvgIpc) is 2.53. The van der Waals surface area contributed by atoms with Crippen LogP contribution in [0.3, 0.4) is 0 Å². The lowest BCUT2D eigenvalue weighted by atomic mass is 10.2. The van der Waals surface area contributed by atoms with Crippen molar-refractivity contribution >= 4 is 39.1 Å². The number of hydrogen-bond donors (Lipinski definition) is 2. The van der Waals surface area contributed by atoms with Crippen LogP contribution in [0.5, 0.6) is 5.75 Å². The summed E-state index contributed by atoms with van der Waals surface area (Å²) >= 11 is 3.38. The van der Waals surface area contributed by atoms with Gasteiger partial charge in [0.2, 0.25) is 0 Å². The standard InChI is InChI=1S/C17H17BrN2O3/c1-3-23-14-7-4-12(5-8-14)19-16(21)17(22)20-13-6-9-15(18)11(2)10-13/h4-10H,3H2,1-2H3,(H,19,21)(H,20,22). The van der Waals surface area contributed by atoms with Crippen molar-refractivity contribution < 1.29 is 14.3 Å². The summed E-state index contributed by atoms with van der Waals surface area (Å²) < 4.78 is 6.26. The summed E-state index contributed by atoms with van der Waals surface area (Å²) in [6.45, 7) is 4.37. The Hall–Kier alpha value is -2.34. The molecular weight excluding hydrogens is 360 g/mol. The van der Waals surface area contributed by atoms with Gasteiger partial charge in [-0.15, -0.1) is 0 Å². The Morgan fingerprint density at radius 1 is 1.00 bits per heavy atom. The van der Waals surface area contributed by atoms with E-state index in [1.54, 1.807) is 36.4 Å². The first-order valence-electron chi connectivity index (χ1n) is 7.11. The van der Waals surface area contributed by atoms with E-state index in [1.165, 1.54) is 0 Å². The van der Waals surface area contributed by atoms with Crippen molar-refractivity contribution in [1.82, 2.24) is 0 Å². The number of amides is 2. The van der Waals surface area contributed by atoms with Gasteiger partial charge in [-0.25, -0.2) is 0 Å². The van der Waals surface area contributed by atoms with Gasteiger partial charge in [-0.2, -0.15) is 0 Å². The molecule has 0 aliphatic carbocycles. The number of benzene rings is 2. The third-order valence-corrected chi connectivity index (χ3v) is 3.93. The van der Waals surface area contributed by atoms with Gasteiger partial charge in [0.15, 0.2) is 0 Å². The molecule has 2 aromatic carbocycles. The number of rotatable bonds is 4. The lowest BCUT2D eigenvalue weighted by Gasteiger charge is -2.08. The molecule has 2 rings (SSSR count). The molecule has 2 N–H and O–H groups in total. The summed E-state index contributed by atoms with van der Waals surface area (Å²) in [5.41, 5.74) is 2.06. The molecule has 0 saturated carbocycles. The first-order chi connectivity index (χ1) is 11.0. The van der Waals surface area contributed by atoms with Gasteiger partial charge in [0.05, 0.1) is 6.61 Å². The molecule has 0 atom stereocenters. The van der Waals surface area contributed by atoms with E-state index < -0.39 is 11.8 Å². The maximum atomic E-state index is 11.9. The maximum absolute atomic E-state index is 11.9. The minimum absolute atomic E-state index is 0.528. The Bertz CT molecular complexity index is 714. The lowest BCUT2D eigenvalue weighted by Crippen LogP contribution is -2.29. The number of hydrogen-bond acceptors (Lipinski definition) is 3. The van der Waals surface area contributed by atoms with Crippen LogP contribution < -0.4 is 15.4 Å². The van der Waals surface area contributed by atoms with E-state index >= 15 is 0 Å². The van der Waals surface area contributed by atoms with Gasteiger partial charge >= 0.3 is 11.8 Å². The van der Waals surface area contributed by atoms with Crippen LogP contribution in [0.4, 0.5) is 11.4 Å². The molecule has 0 fully saturated rings. The van der Waals surface area contributed by atoms with Gasteiger partial charge in [-0.05, 0) is 61.9 Å². The van der Waals surface area contributed by atoms with E-state index in [1.807, 2.05) is 19.9 Å². The van der Waals surface area contributed by atoms with Crippen LogP contribution in [-0.4, -0.2) is 18.4 Å². The number of aryl methyl sites for hydroxylation is 1. The molecular formula is C17H17BrN2O3. The van der Waals surface area contributed by atoms with Crippen molar-refractivity contribution in [1.29, 1.82) is 0 Å². The highest BCUT2D eigenvalue weighted by molar-refractivity contribution is 9.10. The molecule has 120 valence electrons. The molecule has 2 amide bonds. The number of carbonyl (C=O) groups excluding carboxylic acids is 2. The lowest BCUT2D eigenvalue weighted by molar-refractivity contribution is -0.132. The summed E-state index contributed by atoms with van der Waals surface area (Å²) in [5.74, 6) is -0.740. The van der Waals surface area contributed by atoms with Gasteiger partial charge in [0.25, 0.3) is 0 Å². The molecule has 0 spiro atoms. The second-order valence-electron chi connectivity index (χ2n) is 4.83. The number of ether oxygens (including phenoxy) is 1. The zero-order valence-electron chi connectivity index (χ0n) is 12.9.